The highest BCUT2D eigenvalue weighted by Gasteiger charge is 2.33. The van der Waals surface area contributed by atoms with E-state index in [1.54, 1.807) is 27.7 Å². The number of nitrogens with one attached hydrogen (secondary N) is 3. The smallest absolute Gasteiger partial charge is 0.326 e. The molecule has 5 atom stereocenters. The number of carboxylic acid groups (broad SMARTS) is 2. The average Bonchev–Trinajstić information content (AvgIpc) is 2.65. The van der Waals surface area contributed by atoms with Gasteiger partial charge >= 0.3 is 11.9 Å². The van der Waals surface area contributed by atoms with Crippen molar-refractivity contribution in [2.45, 2.75) is 64.7 Å². The van der Waals surface area contributed by atoms with Crippen LogP contribution < -0.4 is 21.7 Å². The number of hydrogen-bond acceptors (Lipinski definition) is 7. The van der Waals surface area contributed by atoms with E-state index in [9.17, 15) is 34.2 Å². The largest absolute Gasteiger partial charge is 0.481 e. The van der Waals surface area contributed by atoms with E-state index < -0.39 is 72.8 Å². The molecule has 0 aliphatic carbocycles. The van der Waals surface area contributed by atoms with Gasteiger partial charge in [0.1, 0.15) is 18.1 Å². The van der Waals surface area contributed by atoms with Crippen molar-refractivity contribution >= 4 is 29.7 Å². The zero-order valence-electron chi connectivity index (χ0n) is 17.5. The van der Waals surface area contributed by atoms with Crippen molar-refractivity contribution in [3.05, 3.63) is 0 Å². The molecule has 30 heavy (non-hydrogen) atoms. The molecule has 0 aromatic rings. The predicted molar refractivity (Wildman–Crippen MR) is 105 cm³/mol. The van der Waals surface area contributed by atoms with Gasteiger partial charge in [-0.1, -0.05) is 34.1 Å². The fourth-order valence-corrected chi connectivity index (χ4v) is 2.47. The summed E-state index contributed by atoms with van der Waals surface area (Å²) in [5.41, 5.74) is 5.42. The van der Waals surface area contributed by atoms with Crippen molar-refractivity contribution < 1.29 is 39.3 Å². The molecule has 0 bridgehead atoms. The molecule has 0 saturated carbocycles. The first kappa shape index (κ1) is 27.3. The molecule has 3 amide bonds. The zero-order valence-corrected chi connectivity index (χ0v) is 17.5. The van der Waals surface area contributed by atoms with Gasteiger partial charge in [-0.05, 0) is 11.8 Å². The number of carboxylic acids is 2. The summed E-state index contributed by atoms with van der Waals surface area (Å²) < 4.78 is 0. The summed E-state index contributed by atoms with van der Waals surface area (Å²) in [7, 11) is 0. The number of carbonyl (C=O) groups excluding carboxylic acids is 3. The molecule has 172 valence electrons. The number of nitrogens with two attached hydrogens (primary N) is 1. The van der Waals surface area contributed by atoms with Crippen molar-refractivity contribution in [3.63, 3.8) is 0 Å². The maximum atomic E-state index is 12.6. The Hall–Kier alpha value is -2.73. The highest BCUT2D eigenvalue weighted by molar-refractivity contribution is 5.94. The highest BCUT2D eigenvalue weighted by Crippen LogP contribution is 2.10. The lowest BCUT2D eigenvalue weighted by Crippen LogP contribution is -2.59. The van der Waals surface area contributed by atoms with Crippen LogP contribution in [0.5, 0.6) is 0 Å². The van der Waals surface area contributed by atoms with Crippen molar-refractivity contribution in [3.8, 4) is 0 Å². The second-order valence-corrected chi connectivity index (χ2v) is 7.39. The third-order valence-corrected chi connectivity index (χ3v) is 4.57. The average molecular weight is 432 g/mol. The quantitative estimate of drug-likeness (QED) is 0.172. The number of carbonyl (C=O) groups is 5. The third kappa shape index (κ3) is 8.74. The van der Waals surface area contributed by atoms with Crippen molar-refractivity contribution in [2.24, 2.45) is 17.6 Å². The van der Waals surface area contributed by atoms with Crippen LogP contribution in [0.15, 0.2) is 0 Å². The van der Waals surface area contributed by atoms with Crippen LogP contribution in [-0.4, -0.2) is 75.8 Å². The van der Waals surface area contributed by atoms with Gasteiger partial charge in [0, 0.05) is 0 Å². The third-order valence-electron chi connectivity index (χ3n) is 4.57. The Labute approximate surface area is 174 Å². The molecule has 8 N–H and O–H groups in total. The van der Waals surface area contributed by atoms with Gasteiger partial charge in [-0.15, -0.1) is 0 Å². The molecule has 12 heteroatoms. The van der Waals surface area contributed by atoms with Crippen LogP contribution in [0.4, 0.5) is 0 Å². The molecule has 0 radical (unpaired) electrons. The molecule has 0 fully saturated rings. The van der Waals surface area contributed by atoms with Crippen LogP contribution in [0.25, 0.3) is 0 Å². The summed E-state index contributed by atoms with van der Waals surface area (Å²) in [4.78, 5) is 59.0. The van der Waals surface area contributed by atoms with Crippen LogP contribution in [0, 0.1) is 11.8 Å². The van der Waals surface area contributed by atoms with Crippen LogP contribution in [0.2, 0.25) is 0 Å². The normalized spacial score (nSPS) is 16.0. The lowest BCUT2D eigenvalue weighted by Gasteiger charge is -2.27. The first-order valence-corrected chi connectivity index (χ1v) is 9.57. The minimum Gasteiger partial charge on any atom is -0.481 e. The number of aliphatic hydroxyl groups excluding tert-OH is 1. The van der Waals surface area contributed by atoms with Gasteiger partial charge in [0.15, 0.2) is 0 Å². The van der Waals surface area contributed by atoms with Gasteiger partial charge in [-0.2, -0.15) is 0 Å². The van der Waals surface area contributed by atoms with Crippen molar-refractivity contribution in [1.82, 2.24) is 16.0 Å². The molecule has 0 heterocycles. The molecule has 0 aromatic heterocycles. The monoisotopic (exact) mass is 432 g/mol. The molecule has 0 rings (SSSR count). The van der Waals surface area contributed by atoms with Crippen LogP contribution >= 0.6 is 0 Å². The number of rotatable bonds is 13. The van der Waals surface area contributed by atoms with E-state index in [1.807, 2.05) is 0 Å². The van der Waals surface area contributed by atoms with Crippen LogP contribution in [0.1, 0.15) is 40.5 Å². The van der Waals surface area contributed by atoms with Gasteiger partial charge in [0.25, 0.3) is 0 Å². The Balaban J connectivity index is 5.23. The first-order valence-electron chi connectivity index (χ1n) is 9.57. The number of aliphatic hydroxyl groups is 1. The van der Waals surface area contributed by atoms with Crippen molar-refractivity contribution in [2.75, 3.05) is 6.61 Å². The second kappa shape index (κ2) is 12.8. The minimum atomic E-state index is -1.48. The maximum absolute atomic E-state index is 12.6. The van der Waals surface area contributed by atoms with Gasteiger partial charge in [-0.25, -0.2) is 4.79 Å². The molecule has 0 aliphatic heterocycles. The SMILES string of the molecule is CCC(C)C(NC(=O)C(NC(=O)C(CO)NC(=O)C(N)CC(=O)O)C(C)C)C(=O)O. The second-order valence-electron chi connectivity index (χ2n) is 7.39. The summed E-state index contributed by atoms with van der Waals surface area (Å²) in [6, 6.07) is -5.19. The fourth-order valence-electron chi connectivity index (χ4n) is 2.47. The zero-order chi connectivity index (χ0) is 23.6. The summed E-state index contributed by atoms with van der Waals surface area (Å²) in [5.74, 6) is -5.90. The van der Waals surface area contributed by atoms with E-state index >= 15 is 0 Å². The Kier molecular flexibility index (Phi) is 11.6. The standard InChI is InChI=1S/C18H32N4O8/c1-5-9(4)14(18(29)30)22-17(28)13(8(2)3)21-16(27)11(7-23)20-15(26)10(19)6-12(24)25/h8-11,13-14,23H,5-7,19H2,1-4H3,(H,20,26)(H,21,27)(H,22,28)(H,24,25)(H,29,30). The van der Waals surface area contributed by atoms with E-state index in [1.165, 1.54) is 0 Å². The maximum Gasteiger partial charge on any atom is 0.326 e. The summed E-state index contributed by atoms with van der Waals surface area (Å²) in [6.07, 6.45) is -0.167. The summed E-state index contributed by atoms with van der Waals surface area (Å²) in [5, 5.41) is 34.3. The molecule has 0 spiro atoms. The van der Waals surface area contributed by atoms with E-state index in [2.05, 4.69) is 16.0 Å². The van der Waals surface area contributed by atoms with Gasteiger partial charge in [0.2, 0.25) is 17.7 Å². The molecule has 0 aromatic carbocycles. The van der Waals surface area contributed by atoms with E-state index in [0.717, 1.165) is 0 Å². The van der Waals surface area contributed by atoms with Crippen LogP contribution in [0.3, 0.4) is 0 Å². The fraction of sp³-hybridized carbons (Fsp3) is 0.722. The van der Waals surface area contributed by atoms with Gasteiger partial charge < -0.3 is 37.0 Å². The lowest BCUT2D eigenvalue weighted by atomic mass is 9.97. The van der Waals surface area contributed by atoms with Crippen molar-refractivity contribution in [1.29, 1.82) is 0 Å². The molecule has 0 aliphatic rings. The van der Waals surface area contributed by atoms with E-state index in [4.69, 9.17) is 10.8 Å². The number of aliphatic carboxylic acids is 2. The van der Waals surface area contributed by atoms with E-state index in [-0.39, 0.29) is 5.92 Å². The van der Waals surface area contributed by atoms with Crippen LogP contribution in [-0.2, 0) is 24.0 Å². The molecule has 12 nitrogen and oxygen atoms in total. The topological polar surface area (TPSA) is 208 Å². The minimum absolute atomic E-state index is 0.352. The predicted octanol–water partition coefficient (Wildman–Crippen LogP) is -1.98. The number of amides is 3. The molecular weight excluding hydrogens is 400 g/mol. The highest BCUT2D eigenvalue weighted by atomic mass is 16.4. The Morgan fingerprint density at radius 3 is 1.80 bits per heavy atom. The number of hydrogen-bond donors (Lipinski definition) is 7. The molecule has 5 unspecified atom stereocenters. The Morgan fingerprint density at radius 2 is 1.40 bits per heavy atom. The van der Waals surface area contributed by atoms with E-state index in [0.29, 0.717) is 6.42 Å². The Morgan fingerprint density at radius 1 is 0.867 bits per heavy atom. The van der Waals surface area contributed by atoms with Gasteiger partial charge in [0.05, 0.1) is 19.1 Å². The summed E-state index contributed by atoms with van der Waals surface area (Å²) >= 11 is 0. The lowest BCUT2D eigenvalue weighted by molar-refractivity contribution is -0.144. The summed E-state index contributed by atoms with van der Waals surface area (Å²) in [6.45, 7) is 5.86. The van der Waals surface area contributed by atoms with Gasteiger partial charge in [-0.3, -0.25) is 19.2 Å². The Bertz CT molecular complexity index is 640. The molecule has 0 saturated heterocycles. The molecular formula is C18H32N4O8. The first-order chi connectivity index (χ1) is 13.8.